The molecular formula is C20H19N3O3. The first-order valence-electron chi connectivity index (χ1n) is 8.35. The number of aromatic nitrogens is 2. The largest absolute Gasteiger partial charge is 0.464 e. The van der Waals surface area contributed by atoms with Crippen LogP contribution in [0.15, 0.2) is 57.6 Å². The van der Waals surface area contributed by atoms with Gasteiger partial charge in [0.1, 0.15) is 41.8 Å². The molecule has 0 saturated carbocycles. The molecule has 3 heterocycles. The maximum atomic E-state index is 9.20. The van der Waals surface area contributed by atoms with E-state index in [2.05, 4.69) is 9.97 Å². The lowest BCUT2D eigenvalue weighted by molar-refractivity contribution is 0.248. The topological polar surface area (TPSA) is 75.5 Å². The van der Waals surface area contributed by atoms with Gasteiger partial charge in [0.05, 0.1) is 12.1 Å². The molecule has 6 nitrogen and oxygen atoms in total. The predicted molar refractivity (Wildman–Crippen MR) is 98.7 cm³/mol. The number of anilines is 1. The number of benzene rings is 1. The highest BCUT2D eigenvalue weighted by atomic mass is 16.4. The van der Waals surface area contributed by atoms with Crippen molar-refractivity contribution in [2.75, 3.05) is 11.9 Å². The number of fused-ring (bicyclic) bond motifs is 1. The molecule has 1 aromatic carbocycles. The van der Waals surface area contributed by atoms with Crippen LogP contribution in [0.2, 0.25) is 0 Å². The Kier molecular flexibility index (Phi) is 4.18. The van der Waals surface area contributed by atoms with Gasteiger partial charge in [-0.1, -0.05) is 0 Å². The van der Waals surface area contributed by atoms with Crippen molar-refractivity contribution in [2.45, 2.75) is 20.1 Å². The first kappa shape index (κ1) is 16.4. The summed E-state index contributed by atoms with van der Waals surface area (Å²) in [4.78, 5) is 10.9. The number of aryl methyl sites for hydroxylation is 1. The highest BCUT2D eigenvalue weighted by Crippen LogP contribution is 2.30. The number of hydrogen-bond donors (Lipinski definition) is 1. The van der Waals surface area contributed by atoms with Gasteiger partial charge >= 0.3 is 0 Å². The van der Waals surface area contributed by atoms with Gasteiger partial charge in [-0.15, -0.1) is 0 Å². The van der Waals surface area contributed by atoms with Crippen molar-refractivity contribution in [3.63, 3.8) is 0 Å². The summed E-state index contributed by atoms with van der Waals surface area (Å²) in [6.45, 7) is 2.42. The molecule has 0 amide bonds. The number of nitrogens with zero attached hydrogens (tertiary/aromatic N) is 3. The van der Waals surface area contributed by atoms with Crippen molar-refractivity contribution in [3.8, 4) is 11.3 Å². The van der Waals surface area contributed by atoms with E-state index in [1.807, 2.05) is 55.3 Å². The first-order chi connectivity index (χ1) is 12.6. The Hall–Kier alpha value is -3.12. The standard InChI is InChI=1S/C20H19N3O3/c1-13-3-5-15(25-13)10-23(2)20-17-9-14(4-7-18(17)21-12-22-20)19-8-6-16(11-24)26-19/h3-9,12,24H,10-11H2,1-2H3. The lowest BCUT2D eigenvalue weighted by Gasteiger charge is -2.18. The van der Waals surface area contributed by atoms with Crippen molar-refractivity contribution < 1.29 is 13.9 Å². The van der Waals surface area contributed by atoms with Crippen molar-refractivity contribution in [3.05, 3.63) is 66.1 Å². The molecule has 132 valence electrons. The number of aliphatic hydroxyl groups excluding tert-OH is 1. The Morgan fingerprint density at radius 2 is 1.85 bits per heavy atom. The van der Waals surface area contributed by atoms with Crippen molar-refractivity contribution in [2.24, 2.45) is 0 Å². The predicted octanol–water partition coefficient (Wildman–Crippen LogP) is 3.92. The molecule has 0 aliphatic carbocycles. The second-order valence-electron chi connectivity index (χ2n) is 6.22. The van der Waals surface area contributed by atoms with Gasteiger partial charge < -0.3 is 18.8 Å². The highest BCUT2D eigenvalue weighted by molar-refractivity contribution is 5.92. The molecule has 0 saturated heterocycles. The van der Waals surface area contributed by atoms with Crippen LogP contribution in [0, 0.1) is 6.92 Å². The zero-order valence-electron chi connectivity index (χ0n) is 14.6. The average Bonchev–Trinajstić information content (AvgIpc) is 3.29. The maximum Gasteiger partial charge on any atom is 0.140 e. The van der Waals surface area contributed by atoms with E-state index in [-0.39, 0.29) is 6.61 Å². The van der Waals surface area contributed by atoms with E-state index in [1.54, 1.807) is 12.4 Å². The third kappa shape index (κ3) is 3.07. The Balaban J connectivity index is 1.73. The van der Waals surface area contributed by atoms with Crippen molar-refractivity contribution in [1.82, 2.24) is 9.97 Å². The van der Waals surface area contributed by atoms with Crippen LogP contribution in [0.4, 0.5) is 5.82 Å². The molecule has 0 fully saturated rings. The zero-order valence-corrected chi connectivity index (χ0v) is 14.6. The summed E-state index contributed by atoms with van der Waals surface area (Å²) >= 11 is 0. The van der Waals surface area contributed by atoms with Gasteiger partial charge in [0.15, 0.2) is 0 Å². The summed E-state index contributed by atoms with van der Waals surface area (Å²) in [7, 11) is 1.98. The number of hydrogen-bond acceptors (Lipinski definition) is 6. The van der Waals surface area contributed by atoms with E-state index < -0.39 is 0 Å². The Bertz CT molecular complexity index is 1050. The smallest absolute Gasteiger partial charge is 0.140 e. The molecular weight excluding hydrogens is 330 g/mol. The SMILES string of the molecule is Cc1ccc(CN(C)c2ncnc3ccc(-c4ccc(CO)o4)cc23)o1. The molecule has 6 heteroatoms. The monoisotopic (exact) mass is 349 g/mol. The third-order valence-electron chi connectivity index (χ3n) is 4.27. The number of aliphatic hydroxyl groups is 1. The molecule has 26 heavy (non-hydrogen) atoms. The van der Waals surface area contributed by atoms with Gasteiger partial charge in [-0.05, 0) is 49.4 Å². The van der Waals surface area contributed by atoms with Gasteiger partial charge in [-0.25, -0.2) is 9.97 Å². The number of rotatable bonds is 5. The van der Waals surface area contributed by atoms with E-state index in [0.29, 0.717) is 18.1 Å². The van der Waals surface area contributed by atoms with E-state index in [9.17, 15) is 5.11 Å². The second-order valence-corrected chi connectivity index (χ2v) is 6.22. The summed E-state index contributed by atoms with van der Waals surface area (Å²) in [6, 6.07) is 13.5. The van der Waals surface area contributed by atoms with E-state index in [4.69, 9.17) is 8.83 Å². The van der Waals surface area contributed by atoms with Crippen LogP contribution in [-0.4, -0.2) is 22.1 Å². The molecule has 4 rings (SSSR count). The minimum absolute atomic E-state index is 0.118. The minimum Gasteiger partial charge on any atom is -0.464 e. The van der Waals surface area contributed by atoms with Crippen LogP contribution in [0.5, 0.6) is 0 Å². The highest BCUT2D eigenvalue weighted by Gasteiger charge is 2.13. The molecule has 0 radical (unpaired) electrons. The van der Waals surface area contributed by atoms with Crippen LogP contribution in [0.1, 0.15) is 17.3 Å². The van der Waals surface area contributed by atoms with E-state index in [1.165, 1.54) is 0 Å². The molecule has 4 aromatic rings. The van der Waals surface area contributed by atoms with Crippen LogP contribution >= 0.6 is 0 Å². The number of furan rings is 2. The first-order valence-corrected chi connectivity index (χ1v) is 8.35. The summed E-state index contributed by atoms with van der Waals surface area (Å²) in [6.07, 6.45) is 1.57. The van der Waals surface area contributed by atoms with E-state index in [0.717, 1.165) is 33.8 Å². The lowest BCUT2D eigenvalue weighted by Crippen LogP contribution is -2.17. The molecule has 3 aromatic heterocycles. The Morgan fingerprint density at radius 1 is 1.00 bits per heavy atom. The van der Waals surface area contributed by atoms with Gasteiger partial charge in [0.25, 0.3) is 0 Å². The fourth-order valence-corrected chi connectivity index (χ4v) is 3.00. The van der Waals surface area contributed by atoms with Crippen molar-refractivity contribution >= 4 is 16.7 Å². The zero-order chi connectivity index (χ0) is 18.1. The molecule has 0 aliphatic rings. The van der Waals surface area contributed by atoms with Crippen LogP contribution in [0.25, 0.3) is 22.2 Å². The van der Waals surface area contributed by atoms with E-state index >= 15 is 0 Å². The maximum absolute atomic E-state index is 9.20. The second kappa shape index (κ2) is 6.65. The van der Waals surface area contributed by atoms with Gasteiger partial charge in [-0.2, -0.15) is 0 Å². The Morgan fingerprint density at radius 3 is 2.58 bits per heavy atom. The fraction of sp³-hybridized carbons (Fsp3) is 0.200. The summed E-state index contributed by atoms with van der Waals surface area (Å²) in [5.41, 5.74) is 1.77. The van der Waals surface area contributed by atoms with Gasteiger partial charge in [-0.3, -0.25) is 0 Å². The van der Waals surface area contributed by atoms with Gasteiger partial charge in [0, 0.05) is 18.0 Å². The molecule has 0 aliphatic heterocycles. The third-order valence-corrected chi connectivity index (χ3v) is 4.27. The van der Waals surface area contributed by atoms with Gasteiger partial charge in [0.2, 0.25) is 0 Å². The molecule has 1 N–H and O–H groups in total. The minimum atomic E-state index is -0.118. The average molecular weight is 349 g/mol. The summed E-state index contributed by atoms with van der Waals surface area (Å²) in [5, 5.41) is 10.1. The van der Waals surface area contributed by atoms with Crippen molar-refractivity contribution in [1.29, 1.82) is 0 Å². The van der Waals surface area contributed by atoms with Crippen LogP contribution in [0.3, 0.4) is 0 Å². The molecule has 0 atom stereocenters. The van der Waals surface area contributed by atoms with Crippen LogP contribution < -0.4 is 4.90 Å². The summed E-state index contributed by atoms with van der Waals surface area (Å²) < 4.78 is 11.3. The summed E-state index contributed by atoms with van der Waals surface area (Å²) in [5.74, 6) is 3.83. The lowest BCUT2D eigenvalue weighted by atomic mass is 10.1. The normalized spacial score (nSPS) is 11.2. The molecule has 0 unspecified atom stereocenters. The molecule has 0 bridgehead atoms. The quantitative estimate of drug-likeness (QED) is 0.588. The molecule has 0 spiro atoms. The fourth-order valence-electron chi connectivity index (χ4n) is 3.00. The Labute approximate surface area is 150 Å². The van der Waals surface area contributed by atoms with Crippen LogP contribution in [-0.2, 0) is 13.2 Å².